The van der Waals surface area contributed by atoms with Gasteiger partial charge < -0.3 is 0 Å². The van der Waals surface area contributed by atoms with Gasteiger partial charge in [0.1, 0.15) is 6.33 Å². The lowest BCUT2D eigenvalue weighted by atomic mass is 9.97. The maximum Gasteiger partial charge on any atom is 0.261 e. The van der Waals surface area contributed by atoms with Gasteiger partial charge in [-0.15, -0.1) is 0 Å². The maximum absolute atomic E-state index is 13.0. The third-order valence-corrected chi connectivity index (χ3v) is 6.76. The first-order chi connectivity index (χ1) is 15.8. The van der Waals surface area contributed by atoms with Crippen LogP contribution in [0.2, 0.25) is 0 Å². The highest BCUT2D eigenvalue weighted by molar-refractivity contribution is 7.92. The summed E-state index contributed by atoms with van der Waals surface area (Å²) in [5.74, 6) is 0. The van der Waals surface area contributed by atoms with Crippen LogP contribution in [0.3, 0.4) is 0 Å². The minimum atomic E-state index is -3.76. The minimum absolute atomic E-state index is 0.197. The molecule has 7 nitrogen and oxygen atoms in total. The van der Waals surface area contributed by atoms with Gasteiger partial charge in [-0.05, 0) is 57.5 Å². The molecule has 0 saturated carbocycles. The molecule has 3 heterocycles. The van der Waals surface area contributed by atoms with Crippen molar-refractivity contribution in [3.8, 4) is 22.4 Å². The number of benzene rings is 1. The van der Waals surface area contributed by atoms with Gasteiger partial charge in [-0.1, -0.05) is 24.6 Å². The smallest absolute Gasteiger partial charge is 0.261 e. The fourth-order valence-corrected chi connectivity index (χ4v) is 4.71. The molecule has 0 aliphatic heterocycles. The molecule has 4 rings (SSSR count). The normalized spacial score (nSPS) is 11.4. The van der Waals surface area contributed by atoms with Gasteiger partial charge >= 0.3 is 0 Å². The van der Waals surface area contributed by atoms with Crippen molar-refractivity contribution in [3.05, 3.63) is 83.8 Å². The van der Waals surface area contributed by atoms with Crippen LogP contribution in [0.5, 0.6) is 0 Å². The molecule has 0 unspecified atom stereocenters. The number of aromatic nitrogens is 4. The summed E-state index contributed by atoms with van der Waals surface area (Å²) in [4.78, 5) is 18.0. The Bertz CT molecular complexity index is 1420. The van der Waals surface area contributed by atoms with E-state index in [4.69, 9.17) is 0 Å². The zero-order valence-electron chi connectivity index (χ0n) is 19.0. The van der Waals surface area contributed by atoms with E-state index in [1.54, 1.807) is 56.0 Å². The number of nitrogens with one attached hydrogen (secondary N) is 1. The van der Waals surface area contributed by atoms with Gasteiger partial charge in [-0.25, -0.2) is 18.4 Å². The second-order valence-electron chi connectivity index (χ2n) is 7.86. The van der Waals surface area contributed by atoms with Crippen molar-refractivity contribution >= 4 is 15.7 Å². The van der Waals surface area contributed by atoms with Gasteiger partial charge in [-0.3, -0.25) is 14.7 Å². The average molecular weight is 460 g/mol. The van der Waals surface area contributed by atoms with Gasteiger partial charge in [0.2, 0.25) is 0 Å². The van der Waals surface area contributed by atoms with Crippen LogP contribution < -0.4 is 4.72 Å². The summed E-state index contributed by atoms with van der Waals surface area (Å²) in [5.41, 5.74) is 6.95. The number of nitrogens with zero attached hydrogens (tertiary/aromatic N) is 4. The highest BCUT2D eigenvalue weighted by Crippen LogP contribution is 2.34. The second kappa shape index (κ2) is 9.07. The predicted molar refractivity (Wildman–Crippen MR) is 129 cm³/mol. The Labute approximate surface area is 194 Å². The maximum atomic E-state index is 13.0. The molecule has 0 radical (unpaired) electrons. The van der Waals surface area contributed by atoms with E-state index in [0.717, 1.165) is 39.3 Å². The Hall–Kier alpha value is -3.65. The molecule has 4 aromatic rings. The lowest BCUT2D eigenvalue weighted by molar-refractivity contribution is 0.601. The van der Waals surface area contributed by atoms with Crippen LogP contribution in [0.15, 0.2) is 66.1 Å². The zero-order chi connectivity index (χ0) is 23.6. The van der Waals surface area contributed by atoms with Crippen molar-refractivity contribution < 1.29 is 8.42 Å². The molecule has 168 valence electrons. The van der Waals surface area contributed by atoms with Gasteiger partial charge in [0.15, 0.2) is 0 Å². The van der Waals surface area contributed by atoms with Gasteiger partial charge in [0.25, 0.3) is 10.0 Å². The Morgan fingerprint density at radius 1 is 0.879 bits per heavy atom. The molecular weight excluding hydrogens is 434 g/mol. The summed E-state index contributed by atoms with van der Waals surface area (Å²) in [6, 6.07) is 12.4. The average Bonchev–Trinajstić information content (AvgIpc) is 2.80. The largest absolute Gasteiger partial charge is 0.278 e. The molecule has 33 heavy (non-hydrogen) atoms. The predicted octanol–water partition coefficient (Wildman–Crippen LogP) is 4.89. The summed E-state index contributed by atoms with van der Waals surface area (Å²) >= 11 is 0. The molecule has 0 saturated heterocycles. The van der Waals surface area contributed by atoms with Gasteiger partial charge in [0.05, 0.1) is 27.7 Å². The van der Waals surface area contributed by atoms with Crippen molar-refractivity contribution in [3.63, 3.8) is 0 Å². The van der Waals surface area contributed by atoms with E-state index in [2.05, 4.69) is 24.7 Å². The van der Waals surface area contributed by atoms with E-state index < -0.39 is 10.0 Å². The number of sulfonamides is 1. The van der Waals surface area contributed by atoms with Crippen LogP contribution in [-0.4, -0.2) is 28.4 Å². The van der Waals surface area contributed by atoms with E-state index in [1.165, 1.54) is 0 Å². The lowest BCUT2D eigenvalue weighted by Gasteiger charge is -2.16. The first kappa shape index (κ1) is 22.5. The SMILES string of the molecule is CCc1ncnc(-c2ccnc(C)c2)c1-c1cnc(C)c(NS(=O)(=O)c2ccc(C)cc2)c1. The Morgan fingerprint density at radius 2 is 1.64 bits per heavy atom. The van der Waals surface area contributed by atoms with E-state index in [1.807, 2.05) is 32.9 Å². The third-order valence-electron chi connectivity index (χ3n) is 5.38. The van der Waals surface area contributed by atoms with Crippen LogP contribution in [-0.2, 0) is 16.4 Å². The van der Waals surface area contributed by atoms with Gasteiger partial charge in [0, 0.05) is 34.8 Å². The molecule has 0 amide bonds. The molecule has 0 spiro atoms. The summed E-state index contributed by atoms with van der Waals surface area (Å²) in [7, 11) is -3.76. The number of rotatable bonds is 6. The molecule has 3 aromatic heterocycles. The molecule has 1 aromatic carbocycles. The van der Waals surface area contributed by atoms with Crippen molar-refractivity contribution in [2.45, 2.75) is 39.0 Å². The molecular formula is C25H25N5O2S. The first-order valence-corrected chi connectivity index (χ1v) is 12.1. The van der Waals surface area contributed by atoms with E-state index >= 15 is 0 Å². The minimum Gasteiger partial charge on any atom is -0.278 e. The Balaban J connectivity index is 1.82. The van der Waals surface area contributed by atoms with E-state index in [-0.39, 0.29) is 4.90 Å². The number of hydrogen-bond donors (Lipinski definition) is 1. The summed E-state index contributed by atoms with van der Waals surface area (Å²) in [5, 5.41) is 0. The van der Waals surface area contributed by atoms with Crippen LogP contribution >= 0.6 is 0 Å². The molecule has 1 N–H and O–H groups in total. The Morgan fingerprint density at radius 3 is 2.33 bits per heavy atom. The molecule has 0 fully saturated rings. The standard InChI is InChI=1S/C25H25N5O2S/c1-5-22-24(25(29-15-28-22)19-10-11-26-17(3)12-19)20-13-23(18(4)27-14-20)30-33(31,32)21-8-6-16(2)7-9-21/h6-15,30H,5H2,1-4H3. The quantitative estimate of drug-likeness (QED) is 0.441. The van der Waals surface area contributed by atoms with Gasteiger partial charge in [-0.2, -0.15) is 0 Å². The van der Waals surface area contributed by atoms with E-state index in [9.17, 15) is 8.42 Å². The Kier molecular flexibility index (Phi) is 6.20. The summed E-state index contributed by atoms with van der Waals surface area (Å²) < 4.78 is 28.7. The summed E-state index contributed by atoms with van der Waals surface area (Å²) in [6.45, 7) is 7.63. The second-order valence-corrected chi connectivity index (χ2v) is 9.54. The van der Waals surface area contributed by atoms with E-state index in [0.29, 0.717) is 17.8 Å². The fraction of sp³-hybridized carbons (Fsp3) is 0.200. The number of pyridine rings is 2. The summed E-state index contributed by atoms with van der Waals surface area (Å²) in [6.07, 6.45) is 5.72. The van der Waals surface area contributed by atoms with Crippen molar-refractivity contribution in [2.75, 3.05) is 4.72 Å². The highest BCUT2D eigenvalue weighted by atomic mass is 32.2. The molecule has 0 bridgehead atoms. The number of hydrogen-bond acceptors (Lipinski definition) is 6. The number of aryl methyl sites for hydroxylation is 4. The highest BCUT2D eigenvalue weighted by Gasteiger charge is 2.19. The van der Waals surface area contributed by atoms with Crippen LogP contribution in [0.25, 0.3) is 22.4 Å². The van der Waals surface area contributed by atoms with Crippen LogP contribution in [0.4, 0.5) is 5.69 Å². The number of anilines is 1. The first-order valence-electron chi connectivity index (χ1n) is 10.6. The lowest BCUT2D eigenvalue weighted by Crippen LogP contribution is -2.14. The fourth-order valence-electron chi connectivity index (χ4n) is 3.60. The van der Waals surface area contributed by atoms with Crippen molar-refractivity contribution in [2.24, 2.45) is 0 Å². The third kappa shape index (κ3) is 4.75. The topological polar surface area (TPSA) is 97.7 Å². The van der Waals surface area contributed by atoms with Crippen LogP contribution in [0.1, 0.15) is 29.6 Å². The molecule has 0 aliphatic carbocycles. The molecule has 0 atom stereocenters. The molecule has 0 aliphatic rings. The van der Waals surface area contributed by atoms with Crippen molar-refractivity contribution in [1.29, 1.82) is 0 Å². The van der Waals surface area contributed by atoms with Crippen molar-refractivity contribution in [1.82, 2.24) is 19.9 Å². The zero-order valence-corrected chi connectivity index (χ0v) is 19.8. The molecule has 8 heteroatoms. The monoisotopic (exact) mass is 459 g/mol. The van der Waals surface area contributed by atoms with Crippen LogP contribution in [0, 0.1) is 20.8 Å².